The molecule has 2 aromatic carbocycles. The molecule has 3 saturated heterocycles. The quantitative estimate of drug-likeness (QED) is 0.127. The number of carbonyl (C=O) groups is 5. The number of carbonyl (C=O) groups excluding carboxylic acids is 5. The van der Waals surface area contributed by atoms with Crippen molar-refractivity contribution in [1.82, 2.24) is 40.4 Å². The molecule has 4 aliphatic heterocycles. The second-order valence-electron chi connectivity index (χ2n) is 19.9. The van der Waals surface area contributed by atoms with E-state index in [0.29, 0.717) is 50.9 Å². The lowest BCUT2D eigenvalue weighted by molar-refractivity contribution is -0.155. The first-order valence-corrected chi connectivity index (χ1v) is 23.8. The minimum absolute atomic E-state index is 0.00382. The maximum absolute atomic E-state index is 14.7. The number of aromatic hydroxyl groups is 1. The molecule has 2 aromatic heterocycles. The minimum atomic E-state index is -1.16. The Kier molecular flexibility index (Phi) is 13.8. The molecule has 4 aromatic rings. The fourth-order valence-corrected chi connectivity index (χ4v) is 10.3. The summed E-state index contributed by atoms with van der Waals surface area (Å²) in [6, 6.07) is 12.4. The summed E-state index contributed by atoms with van der Waals surface area (Å²) in [5, 5.41) is 19.8. The van der Waals surface area contributed by atoms with Gasteiger partial charge in [0, 0.05) is 81.4 Å². The number of nitrogens with zero attached hydrogens (tertiary/aromatic N) is 5. The van der Waals surface area contributed by atoms with Crippen molar-refractivity contribution in [3.63, 3.8) is 0 Å². The van der Waals surface area contributed by atoms with Crippen LogP contribution in [0.2, 0.25) is 0 Å². The van der Waals surface area contributed by atoms with Gasteiger partial charge < -0.3 is 39.6 Å². The SMILES string of the molecule is CCn1c(-c2cccnc2[C@H](C)OC)c2c3cc(ccc31)-c1cc(O)cc(c1)C[C@H](NC(=O)C(C(C)C)N(C)C(=O)[C@@H]1CCN(C(=O)[C@@H]3CN3)C1)C(=O)N1CCC[C@H](N1)C(=O)OCC(C)(C)C2. The number of phenols is 1. The van der Waals surface area contributed by atoms with Gasteiger partial charge in [-0.15, -0.1) is 0 Å². The fraction of sp³-hybridized carbons (Fsp3) is 0.529. The molecule has 67 heavy (non-hydrogen) atoms. The number of fused-ring (bicyclic) bond motifs is 6. The summed E-state index contributed by atoms with van der Waals surface area (Å²) in [6.07, 6.45) is 3.48. The molecule has 1 unspecified atom stereocenters. The molecule has 6 heterocycles. The van der Waals surface area contributed by atoms with Crippen LogP contribution in [0.25, 0.3) is 33.3 Å². The maximum atomic E-state index is 14.7. The Labute approximate surface area is 392 Å². The lowest BCUT2D eigenvalue weighted by Gasteiger charge is -2.37. The number of hydrazine groups is 1. The number of likely N-dealkylation sites (N-methyl/N-ethyl adjacent to an activating group) is 1. The van der Waals surface area contributed by atoms with Crippen LogP contribution in [0.3, 0.4) is 0 Å². The molecule has 0 saturated carbocycles. The lowest BCUT2D eigenvalue weighted by Crippen LogP contribution is -2.62. The normalized spacial score (nSPS) is 22.8. The molecule has 0 aliphatic carbocycles. The van der Waals surface area contributed by atoms with Gasteiger partial charge in [0.25, 0.3) is 5.91 Å². The summed E-state index contributed by atoms with van der Waals surface area (Å²) >= 11 is 0. The lowest BCUT2D eigenvalue weighted by atomic mass is 9.84. The van der Waals surface area contributed by atoms with E-state index in [2.05, 4.69) is 59.6 Å². The van der Waals surface area contributed by atoms with Crippen LogP contribution in [-0.2, 0) is 52.8 Å². The molecule has 16 nitrogen and oxygen atoms in total. The first kappa shape index (κ1) is 47.6. The Balaban J connectivity index is 1.18. The average molecular weight is 919 g/mol. The van der Waals surface area contributed by atoms with E-state index in [1.165, 1.54) is 9.91 Å². The highest BCUT2D eigenvalue weighted by Crippen LogP contribution is 2.42. The van der Waals surface area contributed by atoms with Crippen LogP contribution in [0.5, 0.6) is 5.75 Å². The van der Waals surface area contributed by atoms with Crippen molar-refractivity contribution < 1.29 is 38.6 Å². The number of aryl methyl sites for hydroxylation is 1. The molecule has 4 aliphatic rings. The van der Waals surface area contributed by atoms with Crippen molar-refractivity contribution in [1.29, 1.82) is 0 Å². The summed E-state index contributed by atoms with van der Waals surface area (Å²) < 4.78 is 14.2. The third-order valence-electron chi connectivity index (χ3n) is 13.9. The molecule has 4 amide bonds. The molecule has 16 heteroatoms. The zero-order chi connectivity index (χ0) is 47.9. The molecule has 0 spiro atoms. The van der Waals surface area contributed by atoms with Crippen LogP contribution < -0.4 is 16.1 Å². The van der Waals surface area contributed by atoms with E-state index in [4.69, 9.17) is 14.5 Å². The highest BCUT2D eigenvalue weighted by molar-refractivity contribution is 5.96. The predicted molar refractivity (Wildman–Crippen MR) is 253 cm³/mol. The number of methoxy groups -OCH3 is 1. The Morgan fingerprint density at radius 2 is 1.84 bits per heavy atom. The van der Waals surface area contributed by atoms with Crippen molar-refractivity contribution in [3.8, 4) is 28.1 Å². The first-order chi connectivity index (χ1) is 32.0. The van der Waals surface area contributed by atoms with Gasteiger partial charge in [-0.1, -0.05) is 39.8 Å². The van der Waals surface area contributed by atoms with Gasteiger partial charge in [0.1, 0.15) is 23.9 Å². The molecular formula is C51H66N8O8. The Morgan fingerprint density at radius 3 is 2.55 bits per heavy atom. The Hall–Kier alpha value is -5.84. The number of pyridine rings is 1. The summed E-state index contributed by atoms with van der Waals surface area (Å²) in [6.45, 7) is 14.4. The van der Waals surface area contributed by atoms with Crippen LogP contribution in [-0.4, -0.2) is 130 Å². The van der Waals surface area contributed by atoms with Gasteiger partial charge in [-0.25, -0.2) is 5.43 Å². The summed E-state index contributed by atoms with van der Waals surface area (Å²) in [5.74, 6) is -2.51. The Bertz CT molecular complexity index is 2550. The second-order valence-corrected chi connectivity index (χ2v) is 19.9. The molecular weight excluding hydrogens is 853 g/mol. The fourth-order valence-electron chi connectivity index (χ4n) is 10.3. The summed E-state index contributed by atoms with van der Waals surface area (Å²) in [4.78, 5) is 78.0. The van der Waals surface area contributed by atoms with E-state index in [1.807, 2.05) is 39.0 Å². The van der Waals surface area contributed by atoms with E-state index in [1.54, 1.807) is 37.4 Å². The van der Waals surface area contributed by atoms with Gasteiger partial charge in [-0.2, -0.15) is 0 Å². The zero-order valence-corrected chi connectivity index (χ0v) is 40.1. The molecule has 6 bridgehead atoms. The van der Waals surface area contributed by atoms with Crippen LogP contribution in [0.4, 0.5) is 0 Å². The number of nitrogens with one attached hydrogen (secondary N) is 3. The Morgan fingerprint density at radius 1 is 1.06 bits per heavy atom. The number of aromatic nitrogens is 2. The summed E-state index contributed by atoms with van der Waals surface area (Å²) in [5.41, 5.74) is 9.57. The molecule has 358 valence electrons. The van der Waals surface area contributed by atoms with Gasteiger partial charge in [0.2, 0.25) is 17.7 Å². The van der Waals surface area contributed by atoms with Crippen LogP contribution in [0.1, 0.15) is 83.7 Å². The highest BCUT2D eigenvalue weighted by atomic mass is 16.5. The van der Waals surface area contributed by atoms with E-state index < -0.39 is 47.2 Å². The highest BCUT2D eigenvalue weighted by Gasteiger charge is 2.42. The van der Waals surface area contributed by atoms with Gasteiger partial charge in [-0.05, 0) is 104 Å². The number of phenolic OH excluding ortho intramolecular Hbond substituents is 1. The molecule has 6 atom stereocenters. The van der Waals surface area contributed by atoms with Crippen LogP contribution >= 0.6 is 0 Å². The molecule has 8 rings (SSSR count). The number of benzene rings is 2. The van der Waals surface area contributed by atoms with Gasteiger partial charge in [0.15, 0.2) is 0 Å². The standard InChI is InChI=1S/C51H66N8O8/c1-9-58-42-15-14-32-24-37(42)38(45(58)36-12-10-17-52-43(36)30(4)66-8)25-51(5,6)28-67-50(65)39-13-11-18-59(55-39)49(64)40(22-31-20-34(32)23-35(60)21-31)54-46(61)44(29(2)3)56(7)47(62)33-16-19-57(27-33)48(63)41-26-53-41/h10,12,14-15,17,20-21,23-24,29-30,33,39-41,44,53,55,60H,9,11,13,16,18-19,22,25-28H2,1-8H3,(H,54,61)/t30-,33+,39-,40-,41-,44?/m0/s1. The number of hydrogen-bond donors (Lipinski definition) is 4. The van der Waals surface area contributed by atoms with E-state index >= 15 is 0 Å². The monoisotopic (exact) mass is 919 g/mol. The number of ether oxygens (including phenoxy) is 2. The van der Waals surface area contributed by atoms with Gasteiger partial charge >= 0.3 is 5.97 Å². The van der Waals surface area contributed by atoms with E-state index in [9.17, 15) is 29.1 Å². The molecule has 4 N–H and O–H groups in total. The predicted octanol–water partition coefficient (Wildman–Crippen LogP) is 4.75. The smallest absolute Gasteiger partial charge is 0.324 e. The largest absolute Gasteiger partial charge is 0.508 e. The average Bonchev–Trinajstić information content (AvgIpc) is 3.97. The summed E-state index contributed by atoms with van der Waals surface area (Å²) in [7, 11) is 3.28. The third-order valence-corrected chi connectivity index (χ3v) is 13.9. The van der Waals surface area contributed by atoms with Crippen molar-refractivity contribution >= 4 is 40.5 Å². The second kappa shape index (κ2) is 19.4. The van der Waals surface area contributed by atoms with Crippen molar-refractivity contribution in [3.05, 3.63) is 71.5 Å². The first-order valence-electron chi connectivity index (χ1n) is 23.8. The number of hydrogen-bond acceptors (Lipinski definition) is 11. The van der Waals surface area contributed by atoms with Crippen LogP contribution in [0.15, 0.2) is 54.7 Å². The number of esters is 1. The minimum Gasteiger partial charge on any atom is -0.508 e. The van der Waals surface area contributed by atoms with E-state index in [-0.39, 0.29) is 61.7 Å². The topological polar surface area (TPSA) is 198 Å². The van der Waals surface area contributed by atoms with Gasteiger partial charge in [-0.3, -0.25) is 34.0 Å². The van der Waals surface area contributed by atoms with Crippen molar-refractivity contribution in [2.75, 3.05) is 46.9 Å². The van der Waals surface area contributed by atoms with Crippen LogP contribution in [0, 0.1) is 17.3 Å². The van der Waals surface area contributed by atoms with Gasteiger partial charge in [0.05, 0.1) is 36.1 Å². The molecule has 0 radical (unpaired) electrons. The van der Waals surface area contributed by atoms with Crippen molar-refractivity contribution in [2.24, 2.45) is 17.3 Å². The zero-order valence-electron chi connectivity index (χ0n) is 40.1. The molecule has 3 fully saturated rings. The number of likely N-dealkylation sites (tertiary alicyclic amines) is 1. The number of amides is 4. The maximum Gasteiger partial charge on any atom is 0.324 e. The number of cyclic esters (lactones) is 1. The third kappa shape index (κ3) is 9.93. The van der Waals surface area contributed by atoms with Crippen molar-refractivity contribution in [2.45, 2.75) is 110 Å². The van der Waals surface area contributed by atoms with E-state index in [0.717, 1.165) is 44.5 Å². The number of rotatable bonds is 10.